The molecule has 1 atom stereocenters. The van der Waals surface area contributed by atoms with Gasteiger partial charge < -0.3 is 10.2 Å². The molecule has 2 aromatic heterocycles. The van der Waals surface area contributed by atoms with Crippen molar-refractivity contribution in [3.8, 4) is 0 Å². The fourth-order valence-electron chi connectivity index (χ4n) is 3.22. The average molecular weight is 437 g/mol. The summed E-state index contributed by atoms with van der Waals surface area (Å²) < 4.78 is 0. The van der Waals surface area contributed by atoms with Gasteiger partial charge >= 0.3 is 0 Å². The van der Waals surface area contributed by atoms with Crippen molar-refractivity contribution in [1.82, 2.24) is 14.9 Å². The summed E-state index contributed by atoms with van der Waals surface area (Å²) in [5.41, 5.74) is 3.31. The molecule has 0 aliphatic carbocycles. The highest BCUT2D eigenvalue weighted by Crippen LogP contribution is 2.15. The molecule has 1 aliphatic heterocycles. The molecule has 0 aromatic carbocycles. The Morgan fingerprint density at radius 2 is 2.00 bits per heavy atom. The molecule has 6 nitrogen and oxygen atoms in total. The van der Waals surface area contributed by atoms with Crippen molar-refractivity contribution in [3.05, 3.63) is 66.1 Å². The Hall–Kier alpha value is -2.51. The normalized spacial score (nSPS) is 19.9. The Morgan fingerprint density at radius 3 is 2.81 bits per heavy atom. The molecular formula is C24H32N6S. The fraction of sp³-hybridized carbons (Fsp3) is 0.417. The third-order valence-electron chi connectivity index (χ3n) is 5.41. The minimum atomic E-state index is 0.593. The van der Waals surface area contributed by atoms with Crippen LogP contribution in [0.15, 0.2) is 65.0 Å². The van der Waals surface area contributed by atoms with Crippen LogP contribution in [-0.4, -0.2) is 57.8 Å². The Balaban J connectivity index is 1.56. The minimum absolute atomic E-state index is 0.593. The van der Waals surface area contributed by atoms with E-state index >= 15 is 0 Å². The van der Waals surface area contributed by atoms with Gasteiger partial charge in [0.05, 0.1) is 18.1 Å². The van der Waals surface area contributed by atoms with Gasteiger partial charge in [0.15, 0.2) is 5.17 Å². The quantitative estimate of drug-likeness (QED) is 0.652. The molecule has 3 rings (SSSR count). The predicted octanol–water partition coefficient (Wildman–Crippen LogP) is 4.66. The smallest absolute Gasteiger partial charge is 0.164 e. The van der Waals surface area contributed by atoms with Crippen LogP contribution in [0.2, 0.25) is 0 Å². The van der Waals surface area contributed by atoms with Gasteiger partial charge in [-0.3, -0.25) is 15.0 Å². The molecule has 0 spiro atoms. The molecule has 2 aromatic rings. The molecule has 1 N–H and O–H groups in total. The highest BCUT2D eigenvalue weighted by molar-refractivity contribution is 8.14. The van der Waals surface area contributed by atoms with E-state index in [1.54, 1.807) is 24.2 Å². The van der Waals surface area contributed by atoms with Crippen molar-refractivity contribution in [1.29, 1.82) is 0 Å². The van der Waals surface area contributed by atoms with Crippen LogP contribution in [0.1, 0.15) is 37.8 Å². The number of hydrogen-bond donors (Lipinski definition) is 1. The van der Waals surface area contributed by atoms with Crippen LogP contribution in [0, 0.1) is 0 Å². The van der Waals surface area contributed by atoms with Gasteiger partial charge in [0.1, 0.15) is 5.82 Å². The zero-order valence-electron chi connectivity index (χ0n) is 18.7. The SMILES string of the molecule is CCC(C)N(C)CCCc1ccnc(N/C2=N/C/C=C\C(c3ccncc3)=N/CS2)c1. The number of hydrogen-bond acceptors (Lipinski definition) is 7. The highest BCUT2D eigenvalue weighted by Gasteiger charge is 2.08. The van der Waals surface area contributed by atoms with Crippen LogP contribution in [-0.2, 0) is 6.42 Å². The molecule has 3 heterocycles. The van der Waals surface area contributed by atoms with E-state index in [9.17, 15) is 0 Å². The van der Waals surface area contributed by atoms with E-state index in [1.165, 1.54) is 12.0 Å². The summed E-state index contributed by atoms with van der Waals surface area (Å²) in [7, 11) is 2.21. The van der Waals surface area contributed by atoms with Crippen LogP contribution in [0.3, 0.4) is 0 Å². The number of nitrogens with zero attached hydrogens (tertiary/aromatic N) is 5. The lowest BCUT2D eigenvalue weighted by atomic mass is 10.1. The van der Waals surface area contributed by atoms with E-state index in [2.05, 4.69) is 58.2 Å². The zero-order valence-corrected chi connectivity index (χ0v) is 19.5. The summed E-state index contributed by atoms with van der Waals surface area (Å²) in [6, 6.07) is 8.80. The van der Waals surface area contributed by atoms with E-state index in [1.807, 2.05) is 30.5 Å². The molecule has 0 saturated heterocycles. The van der Waals surface area contributed by atoms with Crippen molar-refractivity contribution in [3.63, 3.8) is 0 Å². The molecule has 7 heteroatoms. The average Bonchev–Trinajstić information content (AvgIpc) is 2.91. The number of amidine groups is 1. The number of aryl methyl sites for hydroxylation is 1. The molecule has 0 fully saturated rings. The van der Waals surface area contributed by atoms with E-state index < -0.39 is 0 Å². The molecule has 0 amide bonds. The van der Waals surface area contributed by atoms with Crippen LogP contribution >= 0.6 is 11.8 Å². The van der Waals surface area contributed by atoms with Crippen molar-refractivity contribution in [2.24, 2.45) is 9.98 Å². The third kappa shape index (κ3) is 7.60. The molecule has 1 aliphatic rings. The van der Waals surface area contributed by atoms with Gasteiger partial charge in [-0.2, -0.15) is 0 Å². The number of nitrogens with one attached hydrogen (secondary N) is 1. The first kappa shape index (κ1) is 23.2. The predicted molar refractivity (Wildman–Crippen MR) is 133 cm³/mol. The van der Waals surface area contributed by atoms with E-state index in [0.717, 1.165) is 41.6 Å². The van der Waals surface area contributed by atoms with Crippen molar-refractivity contribution in [2.45, 2.75) is 39.2 Å². The number of aliphatic imine (C=N–C) groups is 2. The first-order chi connectivity index (χ1) is 15.2. The van der Waals surface area contributed by atoms with Gasteiger partial charge in [0.2, 0.25) is 0 Å². The second-order valence-corrected chi connectivity index (χ2v) is 8.55. The molecule has 0 bridgehead atoms. The first-order valence-electron chi connectivity index (χ1n) is 10.9. The maximum Gasteiger partial charge on any atom is 0.164 e. The fourth-order valence-corrected chi connectivity index (χ4v) is 3.89. The van der Waals surface area contributed by atoms with Gasteiger partial charge in [-0.15, -0.1) is 0 Å². The maximum atomic E-state index is 4.72. The first-order valence-corrected chi connectivity index (χ1v) is 11.8. The van der Waals surface area contributed by atoms with Crippen molar-refractivity contribution < 1.29 is 0 Å². The highest BCUT2D eigenvalue weighted by atomic mass is 32.2. The maximum absolute atomic E-state index is 4.72. The summed E-state index contributed by atoms with van der Waals surface area (Å²) in [6.07, 6.45) is 12.9. The Labute approximate surface area is 190 Å². The summed E-state index contributed by atoms with van der Waals surface area (Å²) in [6.45, 7) is 6.22. The van der Waals surface area contributed by atoms with E-state index in [0.29, 0.717) is 18.5 Å². The number of allylic oxidation sites excluding steroid dienone is 1. The van der Waals surface area contributed by atoms with Gasteiger partial charge in [-0.1, -0.05) is 24.8 Å². The second kappa shape index (κ2) is 12.4. The number of rotatable bonds is 8. The Kier molecular flexibility index (Phi) is 9.24. The van der Waals surface area contributed by atoms with Crippen LogP contribution in [0.5, 0.6) is 0 Å². The summed E-state index contributed by atoms with van der Waals surface area (Å²) in [4.78, 5) is 20.4. The van der Waals surface area contributed by atoms with Crippen molar-refractivity contribution >= 4 is 28.5 Å². The third-order valence-corrected chi connectivity index (χ3v) is 6.17. The molecule has 0 radical (unpaired) electrons. The lowest BCUT2D eigenvalue weighted by Crippen LogP contribution is -2.29. The summed E-state index contributed by atoms with van der Waals surface area (Å²) in [5, 5.41) is 4.21. The topological polar surface area (TPSA) is 65.8 Å². The van der Waals surface area contributed by atoms with E-state index in [4.69, 9.17) is 4.99 Å². The molecule has 0 saturated carbocycles. The number of anilines is 1. The molecule has 31 heavy (non-hydrogen) atoms. The summed E-state index contributed by atoms with van der Waals surface area (Å²) >= 11 is 1.59. The lowest BCUT2D eigenvalue weighted by molar-refractivity contribution is 0.249. The van der Waals surface area contributed by atoms with Gasteiger partial charge in [-0.25, -0.2) is 4.98 Å². The van der Waals surface area contributed by atoms with Gasteiger partial charge in [0.25, 0.3) is 0 Å². The monoisotopic (exact) mass is 436 g/mol. The largest absolute Gasteiger partial charge is 0.320 e. The zero-order chi connectivity index (χ0) is 21.9. The molecular weight excluding hydrogens is 404 g/mol. The Morgan fingerprint density at radius 1 is 1.16 bits per heavy atom. The van der Waals surface area contributed by atoms with Crippen LogP contribution < -0.4 is 5.32 Å². The number of aromatic nitrogens is 2. The molecule has 1 unspecified atom stereocenters. The van der Waals surface area contributed by atoms with Crippen molar-refractivity contribution in [2.75, 3.05) is 31.3 Å². The van der Waals surface area contributed by atoms with Crippen LogP contribution in [0.25, 0.3) is 0 Å². The Bertz CT molecular complexity index is 909. The van der Waals surface area contributed by atoms with Gasteiger partial charge in [-0.05, 0) is 75.7 Å². The number of thioether (sulfide) groups is 1. The summed E-state index contributed by atoms with van der Waals surface area (Å²) in [5.74, 6) is 1.43. The van der Waals surface area contributed by atoms with E-state index in [-0.39, 0.29) is 0 Å². The van der Waals surface area contributed by atoms with Crippen LogP contribution in [0.4, 0.5) is 5.82 Å². The minimum Gasteiger partial charge on any atom is -0.320 e. The number of pyridine rings is 2. The van der Waals surface area contributed by atoms with Gasteiger partial charge in [0, 0.05) is 30.2 Å². The molecule has 164 valence electrons. The lowest BCUT2D eigenvalue weighted by Gasteiger charge is -2.23. The standard InChI is InChI=1S/C24H32N6S/c1-4-19(2)30(3)16-6-7-20-9-15-26-23(17-20)29-24-27-12-5-8-22(28-18-31-24)21-10-13-25-14-11-21/h5,8-11,13-15,17,19H,4,6-7,12,16,18H2,1-3H3,(H,26,27,29)/b8-5-,28-22+. The second-order valence-electron chi connectivity index (χ2n) is 7.62.